The van der Waals surface area contributed by atoms with Crippen molar-refractivity contribution in [3.8, 4) is 0 Å². The lowest BCUT2D eigenvalue weighted by molar-refractivity contribution is -0.121. The first kappa shape index (κ1) is 19.4. The van der Waals surface area contributed by atoms with Crippen molar-refractivity contribution in [1.82, 2.24) is 0 Å². The van der Waals surface area contributed by atoms with Crippen LogP contribution in [0.2, 0.25) is 0 Å². The van der Waals surface area contributed by atoms with Crippen molar-refractivity contribution in [1.29, 1.82) is 0 Å². The highest BCUT2D eigenvalue weighted by Gasteiger charge is 2.16. The average molecular weight is 256 g/mol. The van der Waals surface area contributed by atoms with Crippen LogP contribution in [0.4, 0.5) is 0 Å². The van der Waals surface area contributed by atoms with Crippen LogP contribution in [0.5, 0.6) is 0 Å². The maximum atomic E-state index is 10.8. The Balaban J connectivity index is 0. The zero-order chi connectivity index (χ0) is 14.6. The van der Waals surface area contributed by atoms with Gasteiger partial charge in [0.15, 0.2) is 0 Å². The molecule has 3 heteroatoms. The fourth-order valence-corrected chi connectivity index (χ4v) is 1.51. The number of rotatable bonds is 2. The number of hydrogen-bond donors (Lipinski definition) is 0. The summed E-state index contributed by atoms with van der Waals surface area (Å²) in [5, 5.41) is 0. The molecule has 0 spiro atoms. The predicted octanol–water partition coefficient (Wildman–Crippen LogP) is 3.74. The second kappa shape index (κ2) is 12.5. The van der Waals surface area contributed by atoms with Crippen LogP contribution < -0.4 is 0 Å². The molecule has 1 fully saturated rings. The Morgan fingerprint density at radius 3 is 1.39 bits per heavy atom. The molecule has 0 N–H and O–H groups in total. The van der Waals surface area contributed by atoms with Crippen molar-refractivity contribution in [3.05, 3.63) is 0 Å². The summed E-state index contributed by atoms with van der Waals surface area (Å²) in [7, 11) is 0. The first-order chi connectivity index (χ1) is 8.31. The van der Waals surface area contributed by atoms with E-state index in [1.807, 2.05) is 6.92 Å². The normalized spacial score (nSPS) is 14.5. The Hall–Kier alpha value is -0.990. The van der Waals surface area contributed by atoms with Crippen LogP contribution in [-0.2, 0) is 14.4 Å². The van der Waals surface area contributed by atoms with Gasteiger partial charge in [0.2, 0.25) is 0 Å². The van der Waals surface area contributed by atoms with Gasteiger partial charge < -0.3 is 9.59 Å². The fraction of sp³-hybridized carbons (Fsp3) is 0.800. The molecule has 0 aromatic carbocycles. The highest BCUT2D eigenvalue weighted by Crippen LogP contribution is 2.23. The summed E-state index contributed by atoms with van der Waals surface area (Å²) in [5.41, 5.74) is 0. The quantitative estimate of drug-likeness (QED) is 0.756. The largest absolute Gasteiger partial charge is 0.300 e. The van der Waals surface area contributed by atoms with Crippen molar-refractivity contribution in [2.75, 3.05) is 0 Å². The van der Waals surface area contributed by atoms with Crippen LogP contribution in [-0.4, -0.2) is 17.3 Å². The van der Waals surface area contributed by atoms with Crippen LogP contribution >= 0.6 is 0 Å². The maximum absolute atomic E-state index is 10.8. The van der Waals surface area contributed by atoms with E-state index in [0.717, 1.165) is 12.8 Å². The van der Waals surface area contributed by atoms with E-state index in [1.54, 1.807) is 13.8 Å². The van der Waals surface area contributed by atoms with Crippen molar-refractivity contribution >= 4 is 17.3 Å². The molecule has 0 aromatic heterocycles. The van der Waals surface area contributed by atoms with Gasteiger partial charge in [-0.15, -0.1) is 0 Å². The lowest BCUT2D eigenvalue weighted by Gasteiger charge is -2.17. The smallest absolute Gasteiger partial charge is 0.132 e. The molecule has 3 nitrogen and oxygen atoms in total. The van der Waals surface area contributed by atoms with Crippen LogP contribution in [0, 0.1) is 5.92 Å². The summed E-state index contributed by atoms with van der Waals surface area (Å²) < 4.78 is 0. The Labute approximate surface area is 111 Å². The van der Waals surface area contributed by atoms with Gasteiger partial charge in [0, 0.05) is 12.3 Å². The molecule has 0 unspecified atom stereocenters. The second-order valence-corrected chi connectivity index (χ2v) is 4.91. The predicted molar refractivity (Wildman–Crippen MR) is 74.6 cm³/mol. The summed E-state index contributed by atoms with van der Waals surface area (Å²) in [6.45, 7) is 8.21. The van der Waals surface area contributed by atoms with E-state index >= 15 is 0 Å². The van der Waals surface area contributed by atoms with Gasteiger partial charge >= 0.3 is 0 Å². The van der Waals surface area contributed by atoms with Crippen LogP contribution in [0.25, 0.3) is 0 Å². The van der Waals surface area contributed by atoms with Crippen molar-refractivity contribution in [3.63, 3.8) is 0 Å². The van der Waals surface area contributed by atoms with E-state index in [2.05, 4.69) is 0 Å². The monoisotopic (exact) mass is 256 g/mol. The van der Waals surface area contributed by atoms with Gasteiger partial charge in [-0.2, -0.15) is 0 Å². The maximum Gasteiger partial charge on any atom is 0.132 e. The minimum atomic E-state index is 0.167. The number of ketones is 3. The molecule has 0 bridgehead atoms. The van der Waals surface area contributed by atoms with Crippen LogP contribution in [0.15, 0.2) is 0 Å². The molecule has 1 aliphatic rings. The summed E-state index contributed by atoms with van der Waals surface area (Å²) in [6.07, 6.45) is 6.84. The van der Waals surface area contributed by atoms with Gasteiger partial charge in [-0.05, 0) is 40.5 Å². The third-order valence-corrected chi connectivity index (χ3v) is 2.68. The molecule has 0 amide bonds. The van der Waals surface area contributed by atoms with E-state index in [4.69, 9.17) is 0 Å². The summed E-state index contributed by atoms with van der Waals surface area (Å²) in [5.74, 6) is 1.23. The summed E-state index contributed by atoms with van der Waals surface area (Å²) in [4.78, 5) is 30.1. The lowest BCUT2D eigenvalue weighted by atomic mass is 9.87. The Morgan fingerprint density at radius 2 is 1.22 bits per heavy atom. The van der Waals surface area contributed by atoms with Gasteiger partial charge in [0.1, 0.15) is 17.3 Å². The zero-order valence-electron chi connectivity index (χ0n) is 12.5. The summed E-state index contributed by atoms with van der Waals surface area (Å²) >= 11 is 0. The van der Waals surface area contributed by atoms with Gasteiger partial charge in [-0.3, -0.25) is 4.79 Å². The average Bonchev–Trinajstić information content (AvgIpc) is 2.30. The number of Topliss-reactive ketones (excluding diaryl/α,β-unsaturated/α-hetero) is 3. The van der Waals surface area contributed by atoms with E-state index in [9.17, 15) is 14.4 Å². The van der Waals surface area contributed by atoms with E-state index in [-0.39, 0.29) is 11.6 Å². The van der Waals surface area contributed by atoms with Gasteiger partial charge in [-0.1, -0.05) is 26.2 Å². The highest BCUT2D eigenvalue weighted by atomic mass is 16.1. The highest BCUT2D eigenvalue weighted by molar-refractivity contribution is 5.78. The van der Waals surface area contributed by atoms with Crippen LogP contribution in [0.1, 0.15) is 73.1 Å². The molecule has 1 rings (SSSR count). The molecule has 18 heavy (non-hydrogen) atoms. The standard InChI is InChI=1S/C8H14O.C4H8O.C3H6O/c1-7(9)8-5-3-2-4-6-8;1-3-4(2)5;1-3(2)4/h8H,2-6H2,1H3;3H2,1-2H3;1-2H3. The van der Waals surface area contributed by atoms with Crippen LogP contribution in [0.3, 0.4) is 0 Å². The van der Waals surface area contributed by atoms with Gasteiger partial charge in [0.25, 0.3) is 0 Å². The topological polar surface area (TPSA) is 51.2 Å². The first-order valence-electron chi connectivity index (χ1n) is 6.78. The molecule has 0 saturated heterocycles. The van der Waals surface area contributed by atoms with Crippen molar-refractivity contribution in [2.24, 2.45) is 5.92 Å². The minimum absolute atomic E-state index is 0.167. The zero-order valence-corrected chi connectivity index (χ0v) is 12.5. The first-order valence-corrected chi connectivity index (χ1v) is 6.78. The second-order valence-electron chi connectivity index (χ2n) is 4.91. The lowest BCUT2D eigenvalue weighted by Crippen LogP contribution is -2.13. The summed E-state index contributed by atoms with van der Waals surface area (Å²) in [6, 6.07) is 0. The van der Waals surface area contributed by atoms with E-state index in [0.29, 0.717) is 18.1 Å². The Morgan fingerprint density at radius 1 is 0.889 bits per heavy atom. The Bertz CT molecular complexity index is 246. The van der Waals surface area contributed by atoms with Gasteiger partial charge in [-0.25, -0.2) is 0 Å². The molecular formula is C15H28O3. The van der Waals surface area contributed by atoms with E-state index < -0.39 is 0 Å². The van der Waals surface area contributed by atoms with Gasteiger partial charge in [0.05, 0.1) is 0 Å². The van der Waals surface area contributed by atoms with Crippen molar-refractivity contribution < 1.29 is 14.4 Å². The molecule has 0 heterocycles. The molecule has 106 valence electrons. The molecular weight excluding hydrogens is 228 g/mol. The fourth-order valence-electron chi connectivity index (χ4n) is 1.51. The number of carbonyl (C=O) groups excluding carboxylic acids is 3. The SMILES string of the molecule is CC(=O)C1CCCCC1.CC(C)=O.CCC(C)=O. The third kappa shape index (κ3) is 17.4. The Kier molecular flexibility index (Phi) is 13.4. The number of hydrogen-bond acceptors (Lipinski definition) is 3. The molecule has 0 atom stereocenters. The molecule has 0 aromatic rings. The molecule has 0 aliphatic heterocycles. The number of carbonyl (C=O) groups is 3. The van der Waals surface area contributed by atoms with E-state index in [1.165, 1.54) is 33.1 Å². The molecule has 0 radical (unpaired) electrons. The molecule has 1 saturated carbocycles. The van der Waals surface area contributed by atoms with Crippen molar-refractivity contribution in [2.45, 2.75) is 73.1 Å². The minimum Gasteiger partial charge on any atom is -0.300 e. The third-order valence-electron chi connectivity index (χ3n) is 2.68. The molecule has 1 aliphatic carbocycles.